The Balaban J connectivity index is 2.08. The quantitative estimate of drug-likeness (QED) is 0.567. The first-order chi connectivity index (χ1) is 6.70. The van der Waals surface area contributed by atoms with Crippen LogP contribution >= 0.6 is 0 Å². The van der Waals surface area contributed by atoms with E-state index in [1.165, 1.54) is 0 Å². The Morgan fingerprint density at radius 2 is 2.50 bits per heavy atom. The van der Waals surface area contributed by atoms with Gasteiger partial charge in [0, 0.05) is 0 Å². The predicted molar refractivity (Wildman–Crippen MR) is 50.6 cm³/mol. The second-order valence-corrected chi connectivity index (χ2v) is 2.99. The number of hydrogen-bond donors (Lipinski definition) is 3. The molecule has 0 aliphatic heterocycles. The van der Waals surface area contributed by atoms with Crippen LogP contribution in [0.2, 0.25) is 0 Å². The fourth-order valence-electron chi connectivity index (χ4n) is 1.01. The number of carboxylic acid groups (broad SMARTS) is 1. The lowest BCUT2D eigenvalue weighted by molar-refractivity contribution is -0.138. The van der Waals surface area contributed by atoms with Crippen LogP contribution in [-0.4, -0.2) is 23.7 Å². The average molecular weight is 198 g/mol. The molecule has 1 unspecified atom stereocenters. The summed E-state index contributed by atoms with van der Waals surface area (Å²) in [6.07, 6.45) is 2.01. The Morgan fingerprint density at radius 3 is 3.07 bits per heavy atom. The van der Waals surface area contributed by atoms with E-state index < -0.39 is 12.0 Å². The minimum absolute atomic E-state index is 0.413. The summed E-state index contributed by atoms with van der Waals surface area (Å²) in [5.74, 6) is -0.140. The zero-order valence-electron chi connectivity index (χ0n) is 7.77. The predicted octanol–water partition coefficient (Wildman–Crippen LogP) is 0.171. The van der Waals surface area contributed by atoms with Gasteiger partial charge in [0.15, 0.2) is 0 Å². The highest BCUT2D eigenvalue weighted by molar-refractivity contribution is 5.72. The third-order valence-corrected chi connectivity index (χ3v) is 1.83. The third-order valence-electron chi connectivity index (χ3n) is 1.83. The van der Waals surface area contributed by atoms with Gasteiger partial charge in [-0.15, -0.1) is 0 Å². The van der Waals surface area contributed by atoms with E-state index >= 15 is 0 Å². The van der Waals surface area contributed by atoms with E-state index in [4.69, 9.17) is 15.3 Å². The van der Waals surface area contributed by atoms with Gasteiger partial charge >= 0.3 is 5.97 Å². The Morgan fingerprint density at radius 1 is 1.71 bits per heavy atom. The largest absolute Gasteiger partial charge is 0.480 e. The van der Waals surface area contributed by atoms with Crippen molar-refractivity contribution in [2.24, 2.45) is 5.73 Å². The van der Waals surface area contributed by atoms with Crippen LogP contribution in [0.25, 0.3) is 0 Å². The van der Waals surface area contributed by atoms with Gasteiger partial charge in [-0.3, -0.25) is 4.79 Å². The molecule has 0 spiro atoms. The highest BCUT2D eigenvalue weighted by Gasteiger charge is 2.09. The molecule has 0 amide bonds. The Labute approximate surface area is 81.9 Å². The van der Waals surface area contributed by atoms with Gasteiger partial charge in [0.25, 0.3) is 0 Å². The van der Waals surface area contributed by atoms with Crippen molar-refractivity contribution in [2.75, 3.05) is 6.54 Å². The van der Waals surface area contributed by atoms with Crippen molar-refractivity contribution in [2.45, 2.75) is 19.0 Å². The molecule has 14 heavy (non-hydrogen) atoms. The lowest BCUT2D eigenvalue weighted by Gasteiger charge is -2.06. The van der Waals surface area contributed by atoms with Crippen LogP contribution in [0, 0.1) is 0 Å². The van der Waals surface area contributed by atoms with Crippen LogP contribution in [0.5, 0.6) is 0 Å². The van der Waals surface area contributed by atoms with Gasteiger partial charge in [0.05, 0.1) is 12.8 Å². The Hall–Kier alpha value is -1.33. The van der Waals surface area contributed by atoms with E-state index in [0.29, 0.717) is 19.5 Å². The topological polar surface area (TPSA) is 88.5 Å². The molecular weight excluding hydrogens is 184 g/mol. The van der Waals surface area contributed by atoms with E-state index in [1.807, 2.05) is 6.07 Å². The molecule has 0 saturated heterocycles. The molecule has 0 aliphatic rings. The monoisotopic (exact) mass is 198 g/mol. The second kappa shape index (κ2) is 5.41. The molecule has 1 rings (SSSR count). The summed E-state index contributed by atoms with van der Waals surface area (Å²) in [7, 11) is 0. The van der Waals surface area contributed by atoms with Gasteiger partial charge in [0.2, 0.25) is 0 Å². The molecule has 4 N–H and O–H groups in total. The zero-order chi connectivity index (χ0) is 10.4. The lowest BCUT2D eigenvalue weighted by Crippen LogP contribution is -2.33. The van der Waals surface area contributed by atoms with Crippen LogP contribution in [0.3, 0.4) is 0 Å². The molecule has 1 atom stereocenters. The van der Waals surface area contributed by atoms with E-state index in [2.05, 4.69) is 5.32 Å². The molecule has 0 fully saturated rings. The molecule has 0 aliphatic carbocycles. The van der Waals surface area contributed by atoms with Crippen molar-refractivity contribution < 1.29 is 14.3 Å². The smallest absolute Gasteiger partial charge is 0.320 e. The van der Waals surface area contributed by atoms with Crippen molar-refractivity contribution in [3.8, 4) is 0 Å². The highest BCUT2D eigenvalue weighted by atomic mass is 16.4. The van der Waals surface area contributed by atoms with Crippen LogP contribution in [0.1, 0.15) is 12.2 Å². The first kappa shape index (κ1) is 10.7. The molecule has 0 bridgehead atoms. The van der Waals surface area contributed by atoms with Crippen molar-refractivity contribution in [1.29, 1.82) is 0 Å². The number of carbonyl (C=O) groups is 1. The zero-order valence-corrected chi connectivity index (χ0v) is 7.77. The maximum atomic E-state index is 10.4. The maximum absolute atomic E-state index is 10.4. The van der Waals surface area contributed by atoms with Crippen LogP contribution in [0.15, 0.2) is 22.8 Å². The number of hydrogen-bond acceptors (Lipinski definition) is 4. The van der Waals surface area contributed by atoms with E-state index in [0.717, 1.165) is 5.76 Å². The second-order valence-electron chi connectivity index (χ2n) is 2.99. The summed E-state index contributed by atoms with van der Waals surface area (Å²) in [6, 6.07) is 2.86. The van der Waals surface area contributed by atoms with Gasteiger partial charge < -0.3 is 20.6 Å². The molecule has 1 aromatic heterocycles. The summed E-state index contributed by atoms with van der Waals surface area (Å²) < 4.78 is 5.08. The van der Waals surface area contributed by atoms with Gasteiger partial charge in [-0.05, 0) is 25.1 Å². The fourth-order valence-corrected chi connectivity index (χ4v) is 1.01. The van der Waals surface area contributed by atoms with Crippen LogP contribution < -0.4 is 11.1 Å². The number of nitrogens with one attached hydrogen (secondary N) is 1. The maximum Gasteiger partial charge on any atom is 0.320 e. The number of rotatable bonds is 6. The molecule has 78 valence electrons. The summed E-state index contributed by atoms with van der Waals surface area (Å²) in [5.41, 5.74) is 5.31. The van der Waals surface area contributed by atoms with Crippen LogP contribution in [0.4, 0.5) is 0 Å². The van der Waals surface area contributed by atoms with Gasteiger partial charge in [-0.25, -0.2) is 0 Å². The van der Waals surface area contributed by atoms with Crippen molar-refractivity contribution in [3.63, 3.8) is 0 Å². The van der Waals surface area contributed by atoms with Crippen molar-refractivity contribution in [3.05, 3.63) is 24.2 Å². The van der Waals surface area contributed by atoms with Crippen molar-refractivity contribution in [1.82, 2.24) is 5.32 Å². The summed E-state index contributed by atoms with van der Waals surface area (Å²) in [6.45, 7) is 1.16. The van der Waals surface area contributed by atoms with E-state index in [-0.39, 0.29) is 0 Å². The molecule has 1 heterocycles. The fraction of sp³-hybridized carbons (Fsp3) is 0.444. The van der Waals surface area contributed by atoms with E-state index in [9.17, 15) is 4.79 Å². The highest BCUT2D eigenvalue weighted by Crippen LogP contribution is 1.98. The average Bonchev–Trinajstić information content (AvgIpc) is 2.64. The van der Waals surface area contributed by atoms with Crippen molar-refractivity contribution >= 4 is 5.97 Å². The molecule has 1 aromatic rings. The van der Waals surface area contributed by atoms with E-state index in [1.54, 1.807) is 12.3 Å². The molecule has 5 nitrogen and oxygen atoms in total. The van der Waals surface area contributed by atoms with Gasteiger partial charge in [-0.2, -0.15) is 0 Å². The summed E-state index contributed by atoms with van der Waals surface area (Å²) >= 11 is 0. The number of furan rings is 1. The Kier molecular flexibility index (Phi) is 4.15. The molecule has 5 heteroatoms. The molecule has 0 aromatic carbocycles. The van der Waals surface area contributed by atoms with Crippen LogP contribution in [-0.2, 0) is 11.3 Å². The first-order valence-electron chi connectivity index (χ1n) is 4.41. The minimum Gasteiger partial charge on any atom is -0.480 e. The molecular formula is C9H14N2O3. The lowest BCUT2D eigenvalue weighted by atomic mass is 10.2. The number of nitrogens with two attached hydrogens (primary N) is 1. The molecule has 0 radical (unpaired) electrons. The summed E-state index contributed by atoms with van der Waals surface area (Å²) in [4.78, 5) is 10.4. The third kappa shape index (κ3) is 3.59. The Bertz CT molecular complexity index is 272. The minimum atomic E-state index is -0.968. The number of aliphatic carboxylic acids is 1. The molecule has 0 saturated carbocycles. The standard InChI is InChI=1S/C9H14N2O3/c10-8(9(12)13)3-4-11-6-7-2-1-5-14-7/h1-2,5,8,11H,3-4,6,10H2,(H,12,13). The first-order valence-corrected chi connectivity index (χ1v) is 4.41. The van der Waals surface area contributed by atoms with Gasteiger partial charge in [-0.1, -0.05) is 0 Å². The summed E-state index contributed by atoms with van der Waals surface area (Å²) in [5, 5.41) is 11.5. The number of carboxylic acids is 1. The normalized spacial score (nSPS) is 12.6. The SMILES string of the molecule is NC(CCNCc1ccco1)C(=O)O. The van der Waals surface area contributed by atoms with Gasteiger partial charge in [0.1, 0.15) is 11.8 Å².